The van der Waals surface area contributed by atoms with Gasteiger partial charge in [-0.25, -0.2) is 0 Å². The van der Waals surface area contributed by atoms with Crippen molar-refractivity contribution in [1.82, 2.24) is 9.80 Å². The van der Waals surface area contributed by atoms with E-state index in [1.807, 2.05) is 4.90 Å². The number of likely N-dealkylation sites (tertiary alicyclic amines) is 2. The molecule has 4 heteroatoms. The van der Waals surface area contributed by atoms with E-state index < -0.39 is 0 Å². The van der Waals surface area contributed by atoms with Crippen LogP contribution in [0.4, 0.5) is 0 Å². The highest BCUT2D eigenvalue weighted by Crippen LogP contribution is 2.22. The molecule has 2 heterocycles. The van der Waals surface area contributed by atoms with Gasteiger partial charge in [0.05, 0.1) is 0 Å². The fourth-order valence-electron chi connectivity index (χ4n) is 2.71. The lowest BCUT2D eigenvalue weighted by molar-refractivity contribution is -0.142. The van der Waals surface area contributed by atoms with Gasteiger partial charge in [0.2, 0.25) is 11.8 Å². The third kappa shape index (κ3) is 2.51. The van der Waals surface area contributed by atoms with Crippen LogP contribution in [0.5, 0.6) is 0 Å². The first-order valence-corrected chi connectivity index (χ1v) is 6.43. The average Bonchev–Trinajstić information content (AvgIpc) is 3.00. The Morgan fingerprint density at radius 2 is 1.88 bits per heavy atom. The Balaban J connectivity index is 2.00. The molecule has 94 valence electrons. The van der Waals surface area contributed by atoms with Crippen LogP contribution in [0.1, 0.15) is 32.1 Å². The van der Waals surface area contributed by atoms with Gasteiger partial charge in [-0.15, -0.1) is 6.58 Å². The van der Waals surface area contributed by atoms with Crippen molar-refractivity contribution >= 4 is 11.8 Å². The Hall–Kier alpha value is -1.32. The molecule has 0 aliphatic carbocycles. The summed E-state index contributed by atoms with van der Waals surface area (Å²) in [6.07, 6.45) is 5.89. The second kappa shape index (κ2) is 5.34. The van der Waals surface area contributed by atoms with Crippen LogP contribution >= 0.6 is 0 Å². The van der Waals surface area contributed by atoms with Crippen molar-refractivity contribution in [1.29, 1.82) is 0 Å². The Bertz CT molecular complexity index is 321. The van der Waals surface area contributed by atoms with Crippen molar-refractivity contribution in [2.24, 2.45) is 0 Å². The summed E-state index contributed by atoms with van der Waals surface area (Å²) in [4.78, 5) is 27.8. The Morgan fingerprint density at radius 3 is 2.53 bits per heavy atom. The molecule has 2 saturated heterocycles. The summed E-state index contributed by atoms with van der Waals surface area (Å²) < 4.78 is 0. The predicted octanol–water partition coefficient (Wildman–Crippen LogP) is 1.18. The standard InChI is InChI=1S/C13H20N2O2/c1-2-6-12(16)15-10-5-7-11(15)13(17)14-8-3-4-9-14/h2,11H,1,3-10H2. The largest absolute Gasteiger partial charge is 0.341 e. The zero-order chi connectivity index (χ0) is 12.3. The van der Waals surface area contributed by atoms with Crippen molar-refractivity contribution in [3.8, 4) is 0 Å². The summed E-state index contributed by atoms with van der Waals surface area (Å²) in [7, 11) is 0. The smallest absolute Gasteiger partial charge is 0.245 e. The molecule has 4 nitrogen and oxygen atoms in total. The van der Waals surface area contributed by atoms with E-state index in [0.29, 0.717) is 6.42 Å². The minimum atomic E-state index is -0.208. The van der Waals surface area contributed by atoms with Crippen LogP contribution in [0.25, 0.3) is 0 Å². The third-order valence-electron chi connectivity index (χ3n) is 3.59. The highest BCUT2D eigenvalue weighted by atomic mass is 16.2. The van der Waals surface area contributed by atoms with Crippen molar-refractivity contribution in [2.75, 3.05) is 19.6 Å². The number of hydrogen-bond acceptors (Lipinski definition) is 2. The lowest BCUT2D eigenvalue weighted by Crippen LogP contribution is -2.46. The number of amides is 2. The van der Waals surface area contributed by atoms with Gasteiger partial charge in [-0.2, -0.15) is 0 Å². The number of rotatable bonds is 3. The van der Waals surface area contributed by atoms with Crippen LogP contribution in [-0.4, -0.2) is 47.3 Å². The molecule has 0 bridgehead atoms. The van der Waals surface area contributed by atoms with E-state index in [2.05, 4.69) is 6.58 Å². The molecule has 2 aliphatic heterocycles. The van der Waals surface area contributed by atoms with Crippen LogP contribution in [0.2, 0.25) is 0 Å². The van der Waals surface area contributed by atoms with Crippen LogP contribution in [0.15, 0.2) is 12.7 Å². The molecular weight excluding hydrogens is 216 g/mol. The fourth-order valence-corrected chi connectivity index (χ4v) is 2.71. The zero-order valence-electron chi connectivity index (χ0n) is 10.2. The number of hydrogen-bond donors (Lipinski definition) is 0. The average molecular weight is 236 g/mol. The Kier molecular flexibility index (Phi) is 3.82. The fraction of sp³-hybridized carbons (Fsp3) is 0.692. The van der Waals surface area contributed by atoms with Crippen LogP contribution in [0, 0.1) is 0 Å². The minimum absolute atomic E-state index is 0.0371. The van der Waals surface area contributed by atoms with Gasteiger partial charge >= 0.3 is 0 Å². The van der Waals surface area contributed by atoms with Gasteiger partial charge in [0.1, 0.15) is 6.04 Å². The molecule has 2 rings (SSSR count). The molecule has 0 saturated carbocycles. The summed E-state index contributed by atoms with van der Waals surface area (Å²) in [6, 6.07) is -0.208. The molecule has 2 aliphatic rings. The third-order valence-corrected chi connectivity index (χ3v) is 3.59. The van der Waals surface area contributed by atoms with Crippen LogP contribution < -0.4 is 0 Å². The van der Waals surface area contributed by atoms with E-state index in [9.17, 15) is 9.59 Å². The van der Waals surface area contributed by atoms with E-state index >= 15 is 0 Å². The SMILES string of the molecule is C=CCC(=O)N1CCCC1C(=O)N1CCCC1. The van der Waals surface area contributed by atoms with Crippen LogP contribution in [0.3, 0.4) is 0 Å². The van der Waals surface area contributed by atoms with E-state index in [1.165, 1.54) is 0 Å². The van der Waals surface area contributed by atoms with E-state index in [1.54, 1.807) is 11.0 Å². The minimum Gasteiger partial charge on any atom is -0.341 e. The second-order valence-electron chi connectivity index (χ2n) is 4.77. The molecule has 0 aromatic carbocycles. The number of nitrogens with zero attached hydrogens (tertiary/aromatic N) is 2. The van der Waals surface area contributed by atoms with Crippen molar-refractivity contribution in [3.63, 3.8) is 0 Å². The van der Waals surface area contributed by atoms with Gasteiger partial charge in [-0.1, -0.05) is 6.08 Å². The predicted molar refractivity (Wildman–Crippen MR) is 65.4 cm³/mol. The second-order valence-corrected chi connectivity index (χ2v) is 4.77. The molecule has 0 N–H and O–H groups in total. The van der Waals surface area contributed by atoms with Gasteiger partial charge < -0.3 is 9.80 Å². The maximum atomic E-state index is 12.3. The first kappa shape index (κ1) is 12.1. The maximum absolute atomic E-state index is 12.3. The van der Waals surface area contributed by atoms with Crippen molar-refractivity contribution < 1.29 is 9.59 Å². The Labute approximate surface area is 102 Å². The summed E-state index contributed by atoms with van der Waals surface area (Å²) in [5.41, 5.74) is 0. The first-order valence-electron chi connectivity index (χ1n) is 6.43. The molecule has 1 atom stereocenters. The molecule has 1 unspecified atom stereocenters. The topological polar surface area (TPSA) is 40.6 Å². The summed E-state index contributed by atoms with van der Waals surface area (Å²) >= 11 is 0. The molecule has 0 spiro atoms. The molecule has 0 aromatic heterocycles. The quantitative estimate of drug-likeness (QED) is 0.690. The molecule has 0 aromatic rings. The Morgan fingerprint density at radius 1 is 1.18 bits per heavy atom. The molecule has 2 fully saturated rings. The van der Waals surface area contributed by atoms with Gasteiger partial charge in [0.15, 0.2) is 0 Å². The monoisotopic (exact) mass is 236 g/mol. The molecule has 2 amide bonds. The first-order chi connectivity index (χ1) is 8.24. The summed E-state index contributed by atoms with van der Waals surface area (Å²) in [5.74, 6) is 0.187. The van der Waals surface area contributed by atoms with Gasteiger partial charge in [-0.05, 0) is 25.7 Å². The lowest BCUT2D eigenvalue weighted by Gasteiger charge is -2.27. The number of carbonyl (C=O) groups is 2. The molecule has 17 heavy (non-hydrogen) atoms. The van der Waals surface area contributed by atoms with Crippen molar-refractivity contribution in [2.45, 2.75) is 38.1 Å². The van der Waals surface area contributed by atoms with Gasteiger partial charge in [0.25, 0.3) is 0 Å². The zero-order valence-corrected chi connectivity index (χ0v) is 10.2. The van der Waals surface area contributed by atoms with E-state index in [0.717, 1.165) is 45.3 Å². The molecule has 0 radical (unpaired) electrons. The van der Waals surface area contributed by atoms with Gasteiger partial charge in [-0.3, -0.25) is 9.59 Å². The summed E-state index contributed by atoms with van der Waals surface area (Å²) in [6.45, 7) is 6.02. The normalized spacial score (nSPS) is 24.1. The summed E-state index contributed by atoms with van der Waals surface area (Å²) in [5, 5.41) is 0. The highest BCUT2D eigenvalue weighted by Gasteiger charge is 2.36. The highest BCUT2D eigenvalue weighted by molar-refractivity contribution is 5.88. The lowest BCUT2D eigenvalue weighted by atomic mass is 10.2. The maximum Gasteiger partial charge on any atom is 0.245 e. The van der Waals surface area contributed by atoms with E-state index in [-0.39, 0.29) is 17.9 Å². The molecular formula is C13H20N2O2. The van der Waals surface area contributed by atoms with E-state index in [4.69, 9.17) is 0 Å². The van der Waals surface area contributed by atoms with Crippen LogP contribution in [-0.2, 0) is 9.59 Å². The van der Waals surface area contributed by atoms with Crippen molar-refractivity contribution in [3.05, 3.63) is 12.7 Å². The number of carbonyl (C=O) groups excluding carboxylic acids is 2. The van der Waals surface area contributed by atoms with Gasteiger partial charge in [0, 0.05) is 26.1 Å².